The van der Waals surface area contributed by atoms with Gasteiger partial charge in [-0.1, -0.05) is 0 Å². The SMILES string of the molecule is CC1(C#N)CCN(Cc2cc(F)cc(C#N)c2)CC1. The first-order valence-corrected chi connectivity index (χ1v) is 6.38. The van der Waals surface area contributed by atoms with Gasteiger partial charge in [0.05, 0.1) is 23.1 Å². The Kier molecular flexibility index (Phi) is 3.83. The van der Waals surface area contributed by atoms with Crippen molar-refractivity contribution in [1.29, 1.82) is 10.5 Å². The number of piperidine rings is 1. The van der Waals surface area contributed by atoms with Crippen LogP contribution in [-0.4, -0.2) is 18.0 Å². The van der Waals surface area contributed by atoms with Gasteiger partial charge in [0, 0.05) is 6.54 Å². The highest BCUT2D eigenvalue weighted by Crippen LogP contribution is 2.30. The van der Waals surface area contributed by atoms with Crippen LogP contribution in [-0.2, 0) is 6.54 Å². The maximum Gasteiger partial charge on any atom is 0.124 e. The summed E-state index contributed by atoms with van der Waals surface area (Å²) in [6.45, 7) is 4.29. The van der Waals surface area contributed by atoms with Gasteiger partial charge in [0.15, 0.2) is 0 Å². The summed E-state index contributed by atoms with van der Waals surface area (Å²) in [4.78, 5) is 2.20. The molecule has 0 unspecified atom stereocenters. The Morgan fingerprint density at radius 3 is 2.53 bits per heavy atom. The number of likely N-dealkylation sites (tertiary alicyclic amines) is 1. The maximum atomic E-state index is 13.3. The van der Waals surface area contributed by atoms with E-state index in [1.807, 2.05) is 13.0 Å². The fourth-order valence-corrected chi connectivity index (χ4v) is 2.38. The Hall–Kier alpha value is -1.91. The summed E-state index contributed by atoms with van der Waals surface area (Å²) >= 11 is 0. The summed E-state index contributed by atoms with van der Waals surface area (Å²) in [5.41, 5.74) is 0.946. The summed E-state index contributed by atoms with van der Waals surface area (Å²) in [5.74, 6) is -0.368. The first-order valence-electron chi connectivity index (χ1n) is 6.38. The lowest BCUT2D eigenvalue weighted by Gasteiger charge is -2.34. The lowest BCUT2D eigenvalue weighted by Crippen LogP contribution is -2.37. The second-order valence-corrected chi connectivity index (χ2v) is 5.41. The molecule has 0 N–H and O–H groups in total. The van der Waals surface area contributed by atoms with Gasteiger partial charge in [0.1, 0.15) is 5.82 Å². The van der Waals surface area contributed by atoms with Crippen LogP contribution in [0.25, 0.3) is 0 Å². The number of halogens is 1. The molecule has 19 heavy (non-hydrogen) atoms. The molecular weight excluding hydrogens is 241 g/mol. The number of benzene rings is 1. The van der Waals surface area contributed by atoms with Crippen molar-refractivity contribution in [2.75, 3.05) is 13.1 Å². The van der Waals surface area contributed by atoms with Crippen molar-refractivity contribution in [3.05, 3.63) is 35.1 Å². The minimum Gasteiger partial charge on any atom is -0.299 e. The molecule has 1 saturated heterocycles. The van der Waals surface area contributed by atoms with E-state index in [4.69, 9.17) is 10.5 Å². The zero-order chi connectivity index (χ0) is 13.9. The van der Waals surface area contributed by atoms with Crippen molar-refractivity contribution in [2.45, 2.75) is 26.3 Å². The van der Waals surface area contributed by atoms with E-state index in [1.54, 1.807) is 6.07 Å². The smallest absolute Gasteiger partial charge is 0.124 e. The van der Waals surface area contributed by atoms with Crippen LogP contribution < -0.4 is 0 Å². The molecule has 1 aliphatic heterocycles. The van der Waals surface area contributed by atoms with E-state index in [0.29, 0.717) is 12.1 Å². The van der Waals surface area contributed by atoms with Crippen LogP contribution in [0, 0.1) is 33.9 Å². The average molecular weight is 257 g/mol. The molecule has 0 atom stereocenters. The minimum absolute atomic E-state index is 0.226. The molecule has 0 aromatic heterocycles. The molecule has 3 nitrogen and oxygen atoms in total. The molecule has 0 amide bonds. The first-order chi connectivity index (χ1) is 9.04. The Balaban J connectivity index is 2.02. The third-order valence-electron chi connectivity index (χ3n) is 3.72. The van der Waals surface area contributed by atoms with E-state index in [2.05, 4.69) is 11.0 Å². The van der Waals surface area contributed by atoms with Crippen LogP contribution in [0.1, 0.15) is 30.9 Å². The molecule has 1 heterocycles. The van der Waals surface area contributed by atoms with Crippen molar-refractivity contribution < 1.29 is 4.39 Å². The van der Waals surface area contributed by atoms with Crippen molar-refractivity contribution >= 4 is 0 Å². The summed E-state index contributed by atoms with van der Waals surface area (Å²) in [7, 11) is 0. The van der Waals surface area contributed by atoms with Gasteiger partial charge < -0.3 is 0 Å². The highest BCUT2D eigenvalue weighted by molar-refractivity contribution is 5.33. The molecule has 1 fully saturated rings. The molecule has 1 aliphatic rings. The summed E-state index contributed by atoms with van der Waals surface area (Å²) in [6.07, 6.45) is 1.67. The van der Waals surface area contributed by atoms with E-state index in [1.165, 1.54) is 12.1 Å². The summed E-state index contributed by atoms with van der Waals surface area (Å²) < 4.78 is 13.3. The quantitative estimate of drug-likeness (QED) is 0.818. The Bertz CT molecular complexity index is 545. The predicted octanol–water partition coefficient (Wildman–Crippen LogP) is 2.82. The van der Waals surface area contributed by atoms with E-state index in [0.717, 1.165) is 31.5 Å². The van der Waals surface area contributed by atoms with Gasteiger partial charge in [-0.15, -0.1) is 0 Å². The molecule has 0 saturated carbocycles. The van der Waals surface area contributed by atoms with E-state index in [-0.39, 0.29) is 11.2 Å². The van der Waals surface area contributed by atoms with Crippen LogP contribution in [0.4, 0.5) is 4.39 Å². The van der Waals surface area contributed by atoms with Gasteiger partial charge in [-0.25, -0.2) is 4.39 Å². The topological polar surface area (TPSA) is 50.8 Å². The number of nitrogens with zero attached hydrogens (tertiary/aromatic N) is 3. The lowest BCUT2D eigenvalue weighted by molar-refractivity contribution is 0.150. The van der Waals surface area contributed by atoms with Gasteiger partial charge in [-0.05, 0) is 56.6 Å². The third kappa shape index (κ3) is 3.30. The number of nitriles is 2. The lowest BCUT2D eigenvalue weighted by atomic mass is 9.82. The maximum absolute atomic E-state index is 13.3. The Morgan fingerprint density at radius 2 is 1.95 bits per heavy atom. The number of hydrogen-bond acceptors (Lipinski definition) is 3. The van der Waals surface area contributed by atoms with E-state index < -0.39 is 0 Å². The van der Waals surface area contributed by atoms with E-state index in [9.17, 15) is 4.39 Å². The van der Waals surface area contributed by atoms with Crippen molar-refractivity contribution in [3.8, 4) is 12.1 Å². The van der Waals surface area contributed by atoms with E-state index >= 15 is 0 Å². The fourth-order valence-electron chi connectivity index (χ4n) is 2.38. The second-order valence-electron chi connectivity index (χ2n) is 5.41. The standard InChI is InChI=1S/C15H16FN3/c1-15(11-18)2-4-19(5-3-15)10-13-6-12(9-17)7-14(16)8-13/h6-8H,2-5,10H2,1H3. The molecular formula is C15H16FN3. The van der Waals surface area contributed by atoms with Gasteiger partial charge in [0.25, 0.3) is 0 Å². The molecule has 1 aromatic rings. The first kappa shape index (κ1) is 13.5. The molecule has 0 spiro atoms. The average Bonchev–Trinajstić information content (AvgIpc) is 2.41. The number of rotatable bonds is 2. The number of hydrogen-bond donors (Lipinski definition) is 0. The predicted molar refractivity (Wildman–Crippen MR) is 69.3 cm³/mol. The van der Waals surface area contributed by atoms with Gasteiger partial charge in [0.2, 0.25) is 0 Å². The molecule has 0 radical (unpaired) electrons. The zero-order valence-corrected chi connectivity index (χ0v) is 11.0. The van der Waals surface area contributed by atoms with Crippen molar-refractivity contribution in [3.63, 3.8) is 0 Å². The van der Waals surface area contributed by atoms with Crippen molar-refractivity contribution in [2.24, 2.45) is 5.41 Å². The normalized spacial score (nSPS) is 18.5. The second kappa shape index (κ2) is 5.38. The largest absolute Gasteiger partial charge is 0.299 e. The van der Waals surface area contributed by atoms with Gasteiger partial charge in [-0.3, -0.25) is 4.90 Å². The van der Waals surface area contributed by atoms with Gasteiger partial charge >= 0.3 is 0 Å². The third-order valence-corrected chi connectivity index (χ3v) is 3.72. The molecule has 98 valence electrons. The van der Waals surface area contributed by atoms with Crippen LogP contribution in [0.15, 0.2) is 18.2 Å². The Labute approximate surface area is 112 Å². The van der Waals surface area contributed by atoms with Crippen molar-refractivity contribution in [1.82, 2.24) is 4.90 Å². The molecule has 0 aliphatic carbocycles. The summed E-state index contributed by atoms with van der Waals surface area (Å²) in [6, 6.07) is 8.77. The van der Waals surface area contributed by atoms with Gasteiger partial charge in [-0.2, -0.15) is 10.5 Å². The highest BCUT2D eigenvalue weighted by Gasteiger charge is 2.29. The van der Waals surface area contributed by atoms with Crippen LogP contribution >= 0.6 is 0 Å². The minimum atomic E-state index is -0.368. The fraction of sp³-hybridized carbons (Fsp3) is 0.467. The Morgan fingerprint density at radius 1 is 1.26 bits per heavy atom. The van der Waals surface area contributed by atoms with Crippen LogP contribution in [0.2, 0.25) is 0 Å². The monoisotopic (exact) mass is 257 g/mol. The van der Waals surface area contributed by atoms with Crippen LogP contribution in [0.5, 0.6) is 0 Å². The zero-order valence-electron chi connectivity index (χ0n) is 11.0. The molecule has 1 aromatic carbocycles. The molecule has 4 heteroatoms. The van der Waals surface area contributed by atoms with Crippen LogP contribution in [0.3, 0.4) is 0 Å². The highest BCUT2D eigenvalue weighted by atomic mass is 19.1. The molecule has 0 bridgehead atoms. The molecule has 2 rings (SSSR count). The summed E-state index contributed by atoms with van der Waals surface area (Å²) in [5, 5.41) is 17.9.